The molecule has 0 spiro atoms. The Morgan fingerprint density at radius 3 is 2.35 bits per heavy atom. The van der Waals surface area contributed by atoms with Gasteiger partial charge in [0.2, 0.25) is 5.91 Å². The minimum atomic E-state index is -0.436. The van der Waals surface area contributed by atoms with Crippen LogP contribution in [0.15, 0.2) is 84.0 Å². The van der Waals surface area contributed by atoms with Crippen LogP contribution in [0.3, 0.4) is 0 Å². The molecule has 0 bridgehead atoms. The number of benzene rings is 3. The Balaban J connectivity index is 1.50. The molecule has 0 aliphatic heterocycles. The fourth-order valence-corrected chi connectivity index (χ4v) is 4.11. The fourth-order valence-electron chi connectivity index (χ4n) is 3.34. The molecule has 34 heavy (non-hydrogen) atoms. The van der Waals surface area contributed by atoms with Crippen LogP contribution in [-0.2, 0) is 17.9 Å². The Labute approximate surface area is 201 Å². The molecule has 1 N–H and O–H groups in total. The molecule has 1 aromatic heterocycles. The van der Waals surface area contributed by atoms with Crippen LogP contribution in [0, 0.1) is 17.0 Å². The van der Waals surface area contributed by atoms with Crippen molar-refractivity contribution in [3.05, 3.63) is 106 Å². The van der Waals surface area contributed by atoms with Crippen molar-refractivity contribution < 1.29 is 9.72 Å². The Morgan fingerprint density at radius 1 is 0.971 bits per heavy atom. The smallest absolute Gasteiger partial charge is 0.269 e. The highest BCUT2D eigenvalue weighted by molar-refractivity contribution is 7.99. The highest BCUT2D eigenvalue weighted by Gasteiger charge is 2.17. The number of rotatable bonds is 9. The molecule has 0 aliphatic rings. The number of nitrogens with zero attached hydrogens (tertiary/aromatic N) is 4. The Bertz CT molecular complexity index is 1270. The number of aryl methyl sites for hydroxylation is 1. The standard InChI is InChI=1S/C25H23N5O3S/c1-18-7-9-19(10-8-18)15-26-23(31)17-34-25-28-27-24(21-11-13-22(14-12-21)30(32)33)29(25)16-20-5-3-2-4-6-20/h2-14H,15-17H2,1H3,(H,26,31). The third-order valence-electron chi connectivity index (χ3n) is 5.18. The second-order valence-corrected chi connectivity index (χ2v) is 8.68. The van der Waals surface area contributed by atoms with E-state index < -0.39 is 4.92 Å². The second kappa shape index (κ2) is 10.8. The van der Waals surface area contributed by atoms with Gasteiger partial charge in [-0.2, -0.15) is 0 Å². The zero-order valence-corrected chi connectivity index (χ0v) is 19.4. The molecule has 172 valence electrons. The summed E-state index contributed by atoms with van der Waals surface area (Å²) < 4.78 is 1.93. The Hall–Kier alpha value is -3.98. The molecule has 0 fully saturated rings. The molecule has 3 aromatic carbocycles. The number of nitro benzene ring substituents is 1. The predicted octanol–water partition coefficient (Wildman–Crippen LogP) is 4.62. The maximum Gasteiger partial charge on any atom is 0.269 e. The highest BCUT2D eigenvalue weighted by Crippen LogP contribution is 2.26. The van der Waals surface area contributed by atoms with Crippen molar-refractivity contribution in [2.75, 3.05) is 5.75 Å². The monoisotopic (exact) mass is 473 g/mol. The molecule has 0 saturated carbocycles. The number of hydrogen-bond acceptors (Lipinski definition) is 6. The Kier molecular flexibility index (Phi) is 7.34. The van der Waals surface area contributed by atoms with Crippen LogP contribution in [-0.4, -0.2) is 31.3 Å². The van der Waals surface area contributed by atoms with Gasteiger partial charge in [-0.15, -0.1) is 10.2 Å². The number of non-ortho nitro benzene ring substituents is 1. The molecule has 1 amide bonds. The van der Waals surface area contributed by atoms with Gasteiger partial charge < -0.3 is 5.32 Å². The third-order valence-corrected chi connectivity index (χ3v) is 6.15. The van der Waals surface area contributed by atoms with Gasteiger partial charge >= 0.3 is 0 Å². The maximum absolute atomic E-state index is 12.5. The van der Waals surface area contributed by atoms with Gasteiger partial charge in [0, 0.05) is 24.2 Å². The van der Waals surface area contributed by atoms with E-state index in [-0.39, 0.29) is 17.3 Å². The first-order chi connectivity index (χ1) is 16.5. The van der Waals surface area contributed by atoms with Gasteiger partial charge in [-0.3, -0.25) is 19.5 Å². The summed E-state index contributed by atoms with van der Waals surface area (Å²) in [5.41, 5.74) is 3.99. The van der Waals surface area contributed by atoms with E-state index >= 15 is 0 Å². The van der Waals surface area contributed by atoms with Crippen LogP contribution in [0.5, 0.6) is 0 Å². The van der Waals surface area contributed by atoms with Crippen LogP contribution in [0.2, 0.25) is 0 Å². The number of nitrogens with one attached hydrogen (secondary N) is 1. The zero-order chi connectivity index (χ0) is 23.9. The first-order valence-electron chi connectivity index (χ1n) is 10.7. The number of amides is 1. The molecular weight excluding hydrogens is 450 g/mol. The van der Waals surface area contributed by atoms with Gasteiger partial charge in [-0.1, -0.05) is 71.9 Å². The summed E-state index contributed by atoms with van der Waals surface area (Å²) >= 11 is 1.30. The lowest BCUT2D eigenvalue weighted by molar-refractivity contribution is -0.384. The van der Waals surface area contributed by atoms with E-state index in [1.165, 1.54) is 29.5 Å². The van der Waals surface area contributed by atoms with Gasteiger partial charge in [0.1, 0.15) is 0 Å². The minimum Gasteiger partial charge on any atom is -0.351 e. The van der Waals surface area contributed by atoms with E-state index in [9.17, 15) is 14.9 Å². The molecule has 0 aliphatic carbocycles. The maximum atomic E-state index is 12.5. The summed E-state index contributed by atoms with van der Waals surface area (Å²) in [7, 11) is 0. The summed E-state index contributed by atoms with van der Waals surface area (Å²) in [4.78, 5) is 23.0. The van der Waals surface area contributed by atoms with Crippen LogP contribution in [0.25, 0.3) is 11.4 Å². The molecule has 0 atom stereocenters. The summed E-state index contributed by atoms with van der Waals surface area (Å²) in [5.74, 6) is 0.678. The first kappa shape index (κ1) is 23.2. The van der Waals surface area contributed by atoms with E-state index in [1.807, 2.05) is 66.1 Å². The van der Waals surface area contributed by atoms with Crippen molar-refractivity contribution in [3.8, 4) is 11.4 Å². The Morgan fingerprint density at radius 2 is 1.68 bits per heavy atom. The minimum absolute atomic E-state index is 0.0118. The second-order valence-electron chi connectivity index (χ2n) is 7.73. The SMILES string of the molecule is Cc1ccc(CNC(=O)CSc2nnc(-c3ccc([N+](=O)[O-])cc3)n2Cc2ccccc2)cc1. The van der Waals surface area contributed by atoms with Gasteiger partial charge in [-0.25, -0.2) is 0 Å². The number of hydrogen-bond donors (Lipinski definition) is 1. The summed E-state index contributed by atoms with van der Waals surface area (Å²) in [6, 6.07) is 24.1. The van der Waals surface area contributed by atoms with Crippen molar-refractivity contribution >= 4 is 23.4 Å². The lowest BCUT2D eigenvalue weighted by Crippen LogP contribution is -2.24. The molecule has 0 saturated heterocycles. The van der Waals surface area contributed by atoms with Crippen molar-refractivity contribution in [1.82, 2.24) is 20.1 Å². The molecule has 4 rings (SSSR count). The molecule has 4 aromatic rings. The molecule has 1 heterocycles. The van der Waals surface area contributed by atoms with E-state index in [2.05, 4.69) is 15.5 Å². The average molecular weight is 474 g/mol. The quantitative estimate of drug-likeness (QED) is 0.216. The van der Waals surface area contributed by atoms with Crippen LogP contribution >= 0.6 is 11.8 Å². The molecule has 0 unspecified atom stereocenters. The van der Waals surface area contributed by atoms with Gasteiger partial charge in [0.05, 0.1) is 17.2 Å². The molecular formula is C25H23N5O3S. The fraction of sp³-hybridized carbons (Fsp3) is 0.160. The number of thioether (sulfide) groups is 1. The first-order valence-corrected chi connectivity index (χ1v) is 11.6. The van der Waals surface area contributed by atoms with Gasteiger partial charge in [-0.05, 0) is 30.2 Å². The average Bonchev–Trinajstić information content (AvgIpc) is 3.25. The molecule has 8 nitrogen and oxygen atoms in total. The normalized spacial score (nSPS) is 10.7. The van der Waals surface area contributed by atoms with Crippen molar-refractivity contribution in [2.24, 2.45) is 0 Å². The number of carbonyl (C=O) groups excluding carboxylic acids is 1. The summed E-state index contributed by atoms with van der Waals surface area (Å²) in [5, 5.41) is 23.2. The third kappa shape index (κ3) is 5.87. The van der Waals surface area contributed by atoms with E-state index in [0.29, 0.717) is 29.6 Å². The number of nitro groups is 1. The highest BCUT2D eigenvalue weighted by atomic mass is 32.2. The van der Waals surface area contributed by atoms with Crippen molar-refractivity contribution in [1.29, 1.82) is 0 Å². The number of carbonyl (C=O) groups is 1. The zero-order valence-electron chi connectivity index (χ0n) is 18.5. The van der Waals surface area contributed by atoms with Crippen LogP contribution in [0.4, 0.5) is 5.69 Å². The van der Waals surface area contributed by atoms with Gasteiger partial charge in [0.25, 0.3) is 5.69 Å². The lowest BCUT2D eigenvalue weighted by atomic mass is 10.1. The summed E-state index contributed by atoms with van der Waals surface area (Å²) in [6.07, 6.45) is 0. The van der Waals surface area contributed by atoms with E-state index in [1.54, 1.807) is 12.1 Å². The topological polar surface area (TPSA) is 103 Å². The lowest BCUT2D eigenvalue weighted by Gasteiger charge is -2.11. The van der Waals surface area contributed by atoms with E-state index in [0.717, 1.165) is 11.1 Å². The van der Waals surface area contributed by atoms with Crippen LogP contribution < -0.4 is 5.32 Å². The van der Waals surface area contributed by atoms with Crippen LogP contribution in [0.1, 0.15) is 16.7 Å². The van der Waals surface area contributed by atoms with Crippen molar-refractivity contribution in [3.63, 3.8) is 0 Å². The molecule has 0 radical (unpaired) electrons. The largest absolute Gasteiger partial charge is 0.351 e. The van der Waals surface area contributed by atoms with Crippen molar-refractivity contribution in [2.45, 2.75) is 25.2 Å². The van der Waals surface area contributed by atoms with E-state index in [4.69, 9.17) is 0 Å². The number of aromatic nitrogens is 3. The summed E-state index contributed by atoms with van der Waals surface area (Å²) in [6.45, 7) is 2.99. The predicted molar refractivity (Wildman–Crippen MR) is 131 cm³/mol. The van der Waals surface area contributed by atoms with Gasteiger partial charge in [0.15, 0.2) is 11.0 Å². The molecule has 9 heteroatoms.